The van der Waals surface area contributed by atoms with Crippen LogP contribution in [0.5, 0.6) is 5.75 Å². The molecule has 0 unspecified atom stereocenters. The van der Waals surface area contributed by atoms with Crippen molar-refractivity contribution in [3.05, 3.63) is 87.9 Å². The number of halogens is 2. The van der Waals surface area contributed by atoms with Crippen LogP contribution in [0.2, 0.25) is 10.0 Å². The van der Waals surface area contributed by atoms with Crippen molar-refractivity contribution in [2.45, 2.75) is 51.6 Å². The first-order valence-electron chi connectivity index (χ1n) is 13.3. The van der Waals surface area contributed by atoms with Crippen LogP contribution in [0.1, 0.15) is 38.3 Å². The molecule has 0 heterocycles. The van der Waals surface area contributed by atoms with Gasteiger partial charge in [-0.05, 0) is 81.3 Å². The van der Waals surface area contributed by atoms with E-state index in [1.807, 2.05) is 20.8 Å². The fourth-order valence-corrected chi connectivity index (χ4v) is 5.94. The van der Waals surface area contributed by atoms with Crippen molar-refractivity contribution in [1.82, 2.24) is 10.2 Å². The first-order valence-corrected chi connectivity index (χ1v) is 15.5. The molecule has 11 heteroatoms. The van der Waals surface area contributed by atoms with Gasteiger partial charge in [0, 0.05) is 23.1 Å². The third-order valence-corrected chi connectivity index (χ3v) is 8.77. The van der Waals surface area contributed by atoms with Crippen LogP contribution in [0.4, 0.5) is 5.69 Å². The highest BCUT2D eigenvalue weighted by Crippen LogP contribution is 2.27. The molecule has 0 bridgehead atoms. The zero-order chi connectivity index (χ0) is 30.2. The summed E-state index contributed by atoms with van der Waals surface area (Å²) in [4.78, 5) is 28.3. The number of hydrogen-bond donors (Lipinski definition) is 1. The predicted molar refractivity (Wildman–Crippen MR) is 163 cm³/mol. The lowest BCUT2D eigenvalue weighted by atomic mass is 10.1. The monoisotopic (exact) mass is 619 g/mol. The number of hydrogen-bond acceptors (Lipinski definition) is 5. The zero-order valence-corrected chi connectivity index (χ0v) is 25.9. The van der Waals surface area contributed by atoms with Crippen LogP contribution < -0.4 is 14.4 Å². The molecule has 1 atom stereocenters. The molecule has 0 saturated carbocycles. The van der Waals surface area contributed by atoms with Crippen LogP contribution >= 0.6 is 23.2 Å². The Morgan fingerprint density at radius 1 is 0.976 bits per heavy atom. The molecule has 220 valence electrons. The maximum atomic E-state index is 14.0. The minimum Gasteiger partial charge on any atom is -0.494 e. The van der Waals surface area contributed by atoms with Crippen LogP contribution in [-0.2, 0) is 26.2 Å². The van der Waals surface area contributed by atoms with E-state index in [4.69, 9.17) is 27.9 Å². The molecule has 0 aliphatic carbocycles. The van der Waals surface area contributed by atoms with Crippen LogP contribution in [0.3, 0.4) is 0 Å². The van der Waals surface area contributed by atoms with Crippen molar-refractivity contribution in [3.63, 3.8) is 0 Å². The number of rotatable bonds is 13. The average Bonchev–Trinajstić information content (AvgIpc) is 2.94. The molecule has 2 amide bonds. The molecule has 3 rings (SSSR count). The minimum absolute atomic E-state index is 0.00430. The molecule has 3 aromatic carbocycles. The smallest absolute Gasteiger partial charge is 0.264 e. The SMILES string of the molecule is CCCNC(=O)[C@H](C)N(Cc1ccc(Cl)cc1Cl)C(=O)CN(c1ccc(C)cc1)S(=O)(=O)c1ccc(OCC)cc1. The van der Waals surface area contributed by atoms with Gasteiger partial charge < -0.3 is 15.0 Å². The molecule has 0 aliphatic heterocycles. The van der Waals surface area contributed by atoms with Crippen LogP contribution in [-0.4, -0.2) is 50.9 Å². The summed E-state index contributed by atoms with van der Waals surface area (Å²) in [5, 5.41) is 3.56. The summed E-state index contributed by atoms with van der Waals surface area (Å²) in [5.41, 5.74) is 1.81. The van der Waals surface area contributed by atoms with E-state index in [0.29, 0.717) is 40.2 Å². The Balaban J connectivity index is 2.02. The highest BCUT2D eigenvalue weighted by atomic mass is 35.5. The maximum absolute atomic E-state index is 14.0. The van der Waals surface area contributed by atoms with E-state index >= 15 is 0 Å². The predicted octanol–water partition coefficient (Wildman–Crippen LogP) is 5.84. The summed E-state index contributed by atoms with van der Waals surface area (Å²) in [7, 11) is -4.19. The van der Waals surface area contributed by atoms with Crippen molar-refractivity contribution in [1.29, 1.82) is 0 Å². The summed E-state index contributed by atoms with van der Waals surface area (Å²) < 4.78 is 34.4. The van der Waals surface area contributed by atoms with Crippen molar-refractivity contribution in [3.8, 4) is 5.75 Å². The van der Waals surface area contributed by atoms with E-state index < -0.39 is 28.5 Å². The van der Waals surface area contributed by atoms with Crippen molar-refractivity contribution in [2.24, 2.45) is 0 Å². The molecule has 41 heavy (non-hydrogen) atoms. The van der Waals surface area contributed by atoms with Crippen LogP contribution in [0, 0.1) is 6.92 Å². The number of anilines is 1. The average molecular weight is 621 g/mol. The molecular formula is C30H35Cl2N3O5S. The lowest BCUT2D eigenvalue weighted by molar-refractivity contribution is -0.139. The summed E-state index contributed by atoms with van der Waals surface area (Å²) in [5.74, 6) is -0.408. The van der Waals surface area contributed by atoms with Gasteiger partial charge in [-0.1, -0.05) is 53.9 Å². The lowest BCUT2D eigenvalue weighted by Gasteiger charge is -2.32. The largest absolute Gasteiger partial charge is 0.494 e. The second kappa shape index (κ2) is 14.6. The Hall–Kier alpha value is -3.27. The number of nitrogens with zero attached hydrogens (tertiary/aromatic N) is 2. The summed E-state index contributed by atoms with van der Waals surface area (Å²) in [6.07, 6.45) is 0.719. The Kier molecular flexibility index (Phi) is 11.5. The molecule has 0 aliphatic rings. The number of benzene rings is 3. The third kappa shape index (κ3) is 8.38. The van der Waals surface area contributed by atoms with Crippen molar-refractivity contribution < 1.29 is 22.7 Å². The molecule has 0 radical (unpaired) electrons. The number of sulfonamides is 1. The van der Waals surface area contributed by atoms with Gasteiger partial charge in [0.05, 0.1) is 17.2 Å². The van der Waals surface area contributed by atoms with E-state index in [2.05, 4.69) is 5.32 Å². The number of aryl methyl sites for hydroxylation is 1. The van der Waals surface area contributed by atoms with Gasteiger partial charge in [-0.15, -0.1) is 0 Å². The third-order valence-electron chi connectivity index (χ3n) is 6.40. The van der Waals surface area contributed by atoms with Gasteiger partial charge in [0.1, 0.15) is 18.3 Å². The molecule has 0 fully saturated rings. The fourth-order valence-electron chi connectivity index (χ4n) is 4.05. The van der Waals surface area contributed by atoms with Gasteiger partial charge >= 0.3 is 0 Å². The van der Waals surface area contributed by atoms with Gasteiger partial charge in [-0.3, -0.25) is 13.9 Å². The van der Waals surface area contributed by atoms with E-state index in [1.165, 1.54) is 17.0 Å². The van der Waals surface area contributed by atoms with E-state index in [-0.39, 0.29) is 17.3 Å². The topological polar surface area (TPSA) is 96.0 Å². The normalized spacial score (nSPS) is 12.0. The quantitative estimate of drug-likeness (QED) is 0.259. The van der Waals surface area contributed by atoms with Gasteiger partial charge in [-0.25, -0.2) is 8.42 Å². The molecule has 0 saturated heterocycles. The van der Waals surface area contributed by atoms with E-state index in [9.17, 15) is 18.0 Å². The Labute approximate surface area is 252 Å². The molecule has 3 aromatic rings. The fraction of sp³-hybridized carbons (Fsp3) is 0.333. The van der Waals surface area contributed by atoms with Gasteiger partial charge in [-0.2, -0.15) is 0 Å². The highest BCUT2D eigenvalue weighted by Gasteiger charge is 2.32. The summed E-state index contributed by atoms with van der Waals surface area (Å²) >= 11 is 12.5. The number of carbonyl (C=O) groups is 2. The van der Waals surface area contributed by atoms with Gasteiger partial charge in [0.2, 0.25) is 11.8 Å². The van der Waals surface area contributed by atoms with Crippen molar-refractivity contribution >= 4 is 50.7 Å². The Bertz CT molecular complexity index is 1450. The first kappa shape index (κ1) is 32.2. The second-order valence-electron chi connectivity index (χ2n) is 9.48. The molecule has 0 spiro atoms. The molecule has 1 N–H and O–H groups in total. The maximum Gasteiger partial charge on any atom is 0.264 e. The number of nitrogens with one attached hydrogen (secondary N) is 1. The van der Waals surface area contributed by atoms with Crippen LogP contribution in [0.15, 0.2) is 71.6 Å². The van der Waals surface area contributed by atoms with Gasteiger partial charge in [0.15, 0.2) is 0 Å². The highest BCUT2D eigenvalue weighted by molar-refractivity contribution is 7.92. The standard InChI is InChI=1S/C30H35Cl2N3O5S/c1-5-17-33-30(37)22(4)34(19-23-9-10-24(31)18-28(23)32)29(36)20-35(25-11-7-21(3)8-12-25)41(38,39)27-15-13-26(14-16-27)40-6-2/h7-16,18,22H,5-6,17,19-20H2,1-4H3,(H,33,37)/t22-/m0/s1. The van der Waals surface area contributed by atoms with Gasteiger partial charge in [0.25, 0.3) is 10.0 Å². The first-order chi connectivity index (χ1) is 19.5. The zero-order valence-electron chi connectivity index (χ0n) is 23.6. The number of amides is 2. The summed E-state index contributed by atoms with van der Waals surface area (Å²) in [6.45, 7) is 7.55. The molecular weight excluding hydrogens is 585 g/mol. The second-order valence-corrected chi connectivity index (χ2v) is 12.2. The van der Waals surface area contributed by atoms with E-state index in [1.54, 1.807) is 61.5 Å². The Morgan fingerprint density at radius 3 is 2.22 bits per heavy atom. The molecule has 0 aromatic heterocycles. The number of carbonyl (C=O) groups excluding carboxylic acids is 2. The lowest BCUT2D eigenvalue weighted by Crippen LogP contribution is -2.51. The molecule has 8 nitrogen and oxygen atoms in total. The van der Waals surface area contributed by atoms with Crippen molar-refractivity contribution in [2.75, 3.05) is 24.0 Å². The van der Waals surface area contributed by atoms with Crippen LogP contribution in [0.25, 0.3) is 0 Å². The summed E-state index contributed by atoms with van der Waals surface area (Å²) in [6, 6.07) is 16.8. The Morgan fingerprint density at radius 2 is 1.63 bits per heavy atom. The van der Waals surface area contributed by atoms with E-state index in [0.717, 1.165) is 16.3 Å². The minimum atomic E-state index is -4.19. The number of ether oxygens (including phenoxy) is 1.